The Bertz CT molecular complexity index is 989. The average Bonchev–Trinajstić information content (AvgIpc) is 2.73. The van der Waals surface area contributed by atoms with Crippen LogP contribution in [0.25, 0.3) is 0 Å². The molecule has 156 valence electrons. The summed E-state index contributed by atoms with van der Waals surface area (Å²) in [7, 11) is 1.35. The van der Waals surface area contributed by atoms with E-state index in [-0.39, 0.29) is 5.41 Å². The minimum Gasteiger partial charge on any atom is -0.474 e. The van der Waals surface area contributed by atoms with E-state index in [1.165, 1.54) is 7.11 Å². The Balaban J connectivity index is 1.80. The summed E-state index contributed by atoms with van der Waals surface area (Å²) in [6, 6.07) is 22.0. The maximum atomic E-state index is 12.4. The number of methoxy groups -OCH3 is 1. The maximum Gasteiger partial charge on any atom is 0.351 e. The van der Waals surface area contributed by atoms with Gasteiger partial charge in [0.15, 0.2) is 0 Å². The molecular formula is C25H25ClO4. The molecule has 30 heavy (non-hydrogen) atoms. The van der Waals surface area contributed by atoms with Gasteiger partial charge >= 0.3 is 5.97 Å². The highest BCUT2D eigenvalue weighted by atomic mass is 35.5. The first-order chi connectivity index (χ1) is 14.3. The highest BCUT2D eigenvalue weighted by Gasteiger charge is 2.24. The number of benzene rings is 3. The number of halogens is 1. The molecule has 0 amide bonds. The van der Waals surface area contributed by atoms with Crippen molar-refractivity contribution in [3.05, 3.63) is 88.9 Å². The van der Waals surface area contributed by atoms with Gasteiger partial charge in [-0.3, -0.25) is 0 Å². The molecule has 0 saturated carbocycles. The number of ether oxygens (including phenoxy) is 3. The molecule has 0 heterocycles. The lowest BCUT2D eigenvalue weighted by molar-refractivity contribution is -0.149. The predicted octanol–water partition coefficient (Wildman–Crippen LogP) is 6.72. The van der Waals surface area contributed by atoms with Crippen LogP contribution in [0.3, 0.4) is 0 Å². The zero-order valence-corrected chi connectivity index (χ0v) is 18.3. The third-order valence-electron chi connectivity index (χ3n) is 4.60. The van der Waals surface area contributed by atoms with Gasteiger partial charge in [0.05, 0.1) is 7.11 Å². The van der Waals surface area contributed by atoms with E-state index in [1.807, 2.05) is 24.3 Å². The molecule has 0 aliphatic rings. The van der Waals surface area contributed by atoms with Crippen LogP contribution in [0.15, 0.2) is 72.8 Å². The maximum absolute atomic E-state index is 12.4. The summed E-state index contributed by atoms with van der Waals surface area (Å²) >= 11 is 5.90. The molecule has 3 rings (SSSR count). The van der Waals surface area contributed by atoms with Crippen molar-refractivity contribution in [3.63, 3.8) is 0 Å². The lowest BCUT2D eigenvalue weighted by Gasteiger charge is -2.22. The van der Waals surface area contributed by atoms with Gasteiger partial charge in [0.25, 0.3) is 0 Å². The van der Waals surface area contributed by atoms with E-state index >= 15 is 0 Å². The number of carbonyl (C=O) groups is 1. The van der Waals surface area contributed by atoms with Crippen LogP contribution >= 0.6 is 11.6 Å². The molecule has 0 aliphatic heterocycles. The van der Waals surface area contributed by atoms with Gasteiger partial charge in [-0.1, -0.05) is 56.6 Å². The van der Waals surface area contributed by atoms with Crippen molar-refractivity contribution in [2.45, 2.75) is 32.3 Å². The first kappa shape index (κ1) is 21.7. The summed E-state index contributed by atoms with van der Waals surface area (Å²) in [6.07, 6.45) is -0.880. The third kappa shape index (κ3) is 5.55. The minimum atomic E-state index is -0.880. The van der Waals surface area contributed by atoms with Gasteiger partial charge in [-0.05, 0) is 59.5 Å². The lowest BCUT2D eigenvalue weighted by atomic mass is 9.87. The van der Waals surface area contributed by atoms with Crippen LogP contribution < -0.4 is 9.47 Å². The van der Waals surface area contributed by atoms with Crippen LogP contribution in [-0.4, -0.2) is 13.1 Å². The first-order valence-corrected chi connectivity index (χ1v) is 10.0. The molecule has 0 N–H and O–H groups in total. The van der Waals surface area contributed by atoms with Gasteiger partial charge in [-0.2, -0.15) is 0 Å². The molecule has 5 heteroatoms. The average molecular weight is 425 g/mol. The quantitative estimate of drug-likeness (QED) is 0.412. The topological polar surface area (TPSA) is 44.8 Å². The fourth-order valence-corrected chi connectivity index (χ4v) is 3.01. The summed E-state index contributed by atoms with van der Waals surface area (Å²) in [6.45, 7) is 6.38. The molecule has 0 spiro atoms. The second-order valence-electron chi connectivity index (χ2n) is 7.92. The van der Waals surface area contributed by atoms with Crippen LogP contribution in [0.1, 0.15) is 38.0 Å². The fraction of sp³-hybridized carbons (Fsp3) is 0.240. The van der Waals surface area contributed by atoms with Crippen molar-refractivity contribution < 1.29 is 19.0 Å². The summed E-state index contributed by atoms with van der Waals surface area (Å²) < 4.78 is 16.8. The molecule has 3 aromatic carbocycles. The van der Waals surface area contributed by atoms with E-state index in [9.17, 15) is 4.79 Å². The number of hydrogen-bond donors (Lipinski definition) is 0. The highest BCUT2D eigenvalue weighted by molar-refractivity contribution is 6.30. The van der Waals surface area contributed by atoms with Crippen molar-refractivity contribution in [2.24, 2.45) is 0 Å². The molecule has 0 aliphatic carbocycles. The molecule has 0 fully saturated rings. The van der Waals surface area contributed by atoms with E-state index in [0.717, 1.165) is 5.56 Å². The van der Waals surface area contributed by atoms with Gasteiger partial charge < -0.3 is 14.2 Å². The van der Waals surface area contributed by atoms with E-state index in [4.69, 9.17) is 25.8 Å². The summed E-state index contributed by atoms with van der Waals surface area (Å²) in [5.41, 5.74) is 1.77. The minimum absolute atomic E-state index is 0.0270. The second-order valence-corrected chi connectivity index (χ2v) is 8.36. The first-order valence-electron chi connectivity index (χ1n) is 9.65. The smallest absolute Gasteiger partial charge is 0.351 e. The van der Waals surface area contributed by atoms with Crippen LogP contribution in [0, 0.1) is 0 Å². The van der Waals surface area contributed by atoms with Crippen molar-refractivity contribution >= 4 is 17.6 Å². The van der Waals surface area contributed by atoms with Gasteiger partial charge in [0.2, 0.25) is 6.10 Å². The highest BCUT2D eigenvalue weighted by Crippen LogP contribution is 2.30. The Morgan fingerprint density at radius 2 is 1.47 bits per heavy atom. The number of carbonyl (C=O) groups excluding carboxylic acids is 1. The number of esters is 1. The van der Waals surface area contributed by atoms with Crippen LogP contribution in [-0.2, 0) is 14.9 Å². The molecule has 1 unspecified atom stereocenters. The Hall–Kier alpha value is -2.98. The molecule has 4 nitrogen and oxygen atoms in total. The second kappa shape index (κ2) is 9.23. The summed E-state index contributed by atoms with van der Waals surface area (Å²) in [5, 5.41) is 0.645. The normalized spacial score (nSPS) is 12.2. The van der Waals surface area contributed by atoms with Gasteiger partial charge in [0.1, 0.15) is 17.2 Å². The Labute approximate surface area is 182 Å². The molecule has 3 aromatic rings. The SMILES string of the molecule is COC(=O)C(Oc1cccc(C(C)(C)C)c1)c1ccc(Oc2ccc(Cl)cc2)cc1. The molecule has 0 bridgehead atoms. The van der Waals surface area contributed by atoms with Crippen LogP contribution in [0.5, 0.6) is 17.2 Å². The van der Waals surface area contributed by atoms with Crippen LogP contribution in [0.4, 0.5) is 0 Å². The van der Waals surface area contributed by atoms with Gasteiger partial charge in [-0.15, -0.1) is 0 Å². The lowest BCUT2D eigenvalue weighted by Crippen LogP contribution is -2.20. The zero-order chi connectivity index (χ0) is 21.7. The summed E-state index contributed by atoms with van der Waals surface area (Å²) in [4.78, 5) is 12.4. The molecule has 0 aromatic heterocycles. The number of rotatable bonds is 6. The number of hydrogen-bond acceptors (Lipinski definition) is 4. The van der Waals surface area contributed by atoms with Crippen molar-refractivity contribution in [3.8, 4) is 17.2 Å². The van der Waals surface area contributed by atoms with Gasteiger partial charge in [-0.25, -0.2) is 4.79 Å². The van der Waals surface area contributed by atoms with Gasteiger partial charge in [0, 0.05) is 10.6 Å². The van der Waals surface area contributed by atoms with E-state index in [1.54, 1.807) is 48.5 Å². The summed E-state index contributed by atoms with van der Waals surface area (Å²) in [5.74, 6) is 1.45. The monoisotopic (exact) mass is 424 g/mol. The third-order valence-corrected chi connectivity index (χ3v) is 4.85. The van der Waals surface area contributed by atoms with E-state index < -0.39 is 12.1 Å². The van der Waals surface area contributed by atoms with Crippen molar-refractivity contribution in [2.75, 3.05) is 7.11 Å². The Morgan fingerprint density at radius 3 is 2.03 bits per heavy atom. The standard InChI is InChI=1S/C25H25ClO4/c1-25(2,3)18-6-5-7-22(16-18)30-23(24(27)28-4)17-8-12-20(13-9-17)29-21-14-10-19(26)11-15-21/h5-16,23H,1-4H3. The Morgan fingerprint density at radius 1 is 0.867 bits per heavy atom. The molecule has 0 saturated heterocycles. The fourth-order valence-electron chi connectivity index (χ4n) is 2.88. The Kier molecular flexibility index (Phi) is 6.68. The van der Waals surface area contributed by atoms with E-state index in [0.29, 0.717) is 27.8 Å². The van der Waals surface area contributed by atoms with E-state index in [2.05, 4.69) is 20.8 Å². The van der Waals surface area contributed by atoms with Crippen LogP contribution in [0.2, 0.25) is 5.02 Å². The predicted molar refractivity (Wildman–Crippen MR) is 118 cm³/mol. The van der Waals surface area contributed by atoms with Crippen molar-refractivity contribution in [1.29, 1.82) is 0 Å². The largest absolute Gasteiger partial charge is 0.474 e. The molecule has 0 radical (unpaired) electrons. The molecule has 1 atom stereocenters. The molecular weight excluding hydrogens is 400 g/mol. The van der Waals surface area contributed by atoms with Crippen molar-refractivity contribution in [1.82, 2.24) is 0 Å². The zero-order valence-electron chi connectivity index (χ0n) is 17.5.